The summed E-state index contributed by atoms with van der Waals surface area (Å²) in [5.74, 6) is -5.59. The van der Waals surface area contributed by atoms with Crippen LogP contribution in [-0.2, 0) is 48.6 Å². The van der Waals surface area contributed by atoms with Gasteiger partial charge in [-0.1, -0.05) is 5.16 Å². The van der Waals surface area contributed by atoms with Crippen molar-refractivity contribution in [1.29, 1.82) is 0 Å². The second-order valence-electron chi connectivity index (χ2n) is 6.04. The first-order valence-corrected chi connectivity index (χ1v) is 11.5. The number of methoxy groups -OCH3 is 2. The van der Waals surface area contributed by atoms with E-state index in [0.717, 1.165) is 25.6 Å². The van der Waals surface area contributed by atoms with Crippen LogP contribution in [-0.4, -0.2) is 126 Å². The van der Waals surface area contributed by atoms with Gasteiger partial charge in [-0.15, -0.1) is 22.9 Å². The van der Waals surface area contributed by atoms with Gasteiger partial charge in [0, 0.05) is 5.38 Å². The zero-order chi connectivity index (χ0) is 25.6. The summed E-state index contributed by atoms with van der Waals surface area (Å²) < 4.78 is 40.6. The number of thiazole rings is 1. The maximum absolute atomic E-state index is 12.8. The maximum atomic E-state index is 12.8. The van der Waals surface area contributed by atoms with Crippen LogP contribution in [0.1, 0.15) is 5.69 Å². The van der Waals surface area contributed by atoms with Gasteiger partial charge in [0.05, 0.1) is 14.2 Å². The van der Waals surface area contributed by atoms with Crippen LogP contribution >= 0.6 is 22.9 Å². The van der Waals surface area contributed by atoms with Crippen LogP contribution in [0.15, 0.2) is 10.5 Å². The second kappa shape index (κ2) is 13.1. The number of hydrogen-bond donors (Lipinski definition) is 3. The molecule has 2 rings (SSSR count). The van der Waals surface area contributed by atoms with E-state index in [2.05, 4.69) is 30.2 Å². The summed E-state index contributed by atoms with van der Waals surface area (Å²) in [6.07, 6.45) is 0. The number of carbonyl (C=O) groups is 5. The summed E-state index contributed by atoms with van der Waals surface area (Å²) >= 11 is 6.26. The van der Waals surface area contributed by atoms with Crippen molar-refractivity contribution in [2.45, 2.75) is 12.1 Å². The molecule has 16 nitrogen and oxygen atoms in total. The summed E-state index contributed by atoms with van der Waals surface area (Å²) in [5.41, 5.74) is -0.807. The number of anilines is 1. The number of nitrogens with zero attached hydrogens (tertiary/aromatic N) is 3. The third-order valence-corrected chi connectivity index (χ3v) is 5.83. The molecule has 2 unspecified atom stereocenters. The van der Waals surface area contributed by atoms with Gasteiger partial charge in [-0.05, 0) is 0 Å². The minimum atomic E-state index is -5.13. The van der Waals surface area contributed by atoms with E-state index in [0.29, 0.717) is 0 Å². The first-order chi connectivity index (χ1) is 15.9. The molecule has 0 aliphatic carbocycles. The van der Waals surface area contributed by atoms with Gasteiger partial charge in [-0.3, -0.25) is 18.9 Å². The van der Waals surface area contributed by atoms with Gasteiger partial charge in [0.25, 0.3) is 11.8 Å². The Morgan fingerprint density at radius 2 is 1.94 bits per heavy atom. The molecular formula is C15H17ClN5NaO11S2. The van der Waals surface area contributed by atoms with Crippen molar-refractivity contribution in [3.05, 3.63) is 11.1 Å². The van der Waals surface area contributed by atoms with Gasteiger partial charge < -0.3 is 24.9 Å². The Hall–Kier alpha value is -2.35. The molecular weight excluding hydrogens is 549 g/mol. The van der Waals surface area contributed by atoms with Gasteiger partial charge in [0.15, 0.2) is 16.9 Å². The summed E-state index contributed by atoms with van der Waals surface area (Å²) in [5, 5.41) is 9.16. The van der Waals surface area contributed by atoms with E-state index >= 15 is 0 Å². The summed E-state index contributed by atoms with van der Waals surface area (Å²) in [6, 6.07) is -3.66. The van der Waals surface area contributed by atoms with Crippen LogP contribution < -0.4 is 10.6 Å². The number of alkyl halides is 1. The van der Waals surface area contributed by atoms with E-state index in [4.69, 9.17) is 21.0 Å². The molecule has 1 aliphatic heterocycles. The van der Waals surface area contributed by atoms with Gasteiger partial charge in [-0.2, -0.15) is 12.7 Å². The van der Waals surface area contributed by atoms with E-state index in [1.807, 2.05) is 0 Å². The molecule has 1 fully saturated rings. The molecule has 0 radical (unpaired) electrons. The van der Waals surface area contributed by atoms with Crippen molar-refractivity contribution in [2.24, 2.45) is 5.16 Å². The number of hydrogen-bond acceptors (Lipinski definition) is 13. The van der Waals surface area contributed by atoms with Crippen LogP contribution in [0.2, 0.25) is 0 Å². The first kappa shape index (κ1) is 30.7. The Morgan fingerprint density at radius 3 is 2.49 bits per heavy atom. The monoisotopic (exact) mass is 565 g/mol. The van der Waals surface area contributed by atoms with Crippen LogP contribution in [0.25, 0.3) is 0 Å². The molecule has 1 aromatic heterocycles. The molecule has 35 heavy (non-hydrogen) atoms. The predicted octanol–water partition coefficient (Wildman–Crippen LogP) is -2.76. The molecule has 3 N–H and O–H groups in total. The zero-order valence-corrected chi connectivity index (χ0v) is 19.6. The third-order valence-electron chi connectivity index (χ3n) is 3.93. The number of halogens is 1. The van der Waals surface area contributed by atoms with Gasteiger partial charge in [0.2, 0.25) is 12.5 Å². The molecule has 1 aliphatic rings. The number of nitrogens with one attached hydrogen (secondary N) is 2. The Morgan fingerprint density at radius 1 is 1.29 bits per heavy atom. The average Bonchev–Trinajstić information content (AvgIpc) is 3.24. The topological polar surface area (TPSA) is 220 Å². The Bertz CT molecular complexity index is 1140. The van der Waals surface area contributed by atoms with E-state index in [-0.39, 0.29) is 50.6 Å². The molecule has 20 heteroatoms. The van der Waals surface area contributed by atoms with Crippen molar-refractivity contribution >= 4 is 103 Å². The molecule has 0 saturated carbocycles. The number of aromatic nitrogens is 1. The zero-order valence-electron chi connectivity index (χ0n) is 17.2. The summed E-state index contributed by atoms with van der Waals surface area (Å²) in [7, 11) is -3.17. The second-order valence-corrected chi connectivity index (χ2v) is 8.45. The molecule has 2 atom stereocenters. The number of ether oxygens (including phenoxy) is 2. The predicted molar refractivity (Wildman–Crippen MR) is 119 cm³/mol. The number of amides is 3. The number of rotatable bonds is 10. The number of esters is 2. The molecule has 0 bridgehead atoms. The molecule has 188 valence electrons. The van der Waals surface area contributed by atoms with Crippen LogP contribution in [0.5, 0.6) is 0 Å². The van der Waals surface area contributed by atoms with Crippen molar-refractivity contribution in [3.63, 3.8) is 0 Å². The average molecular weight is 566 g/mol. The van der Waals surface area contributed by atoms with E-state index in [1.54, 1.807) is 0 Å². The number of oxime groups is 1. The quantitative estimate of drug-likeness (QED) is 0.0499. The minimum absolute atomic E-state index is 0. The van der Waals surface area contributed by atoms with Crippen molar-refractivity contribution in [1.82, 2.24) is 14.6 Å². The fourth-order valence-corrected chi connectivity index (χ4v) is 4.04. The normalized spacial score (nSPS) is 17.4. The van der Waals surface area contributed by atoms with Crippen LogP contribution in [0.3, 0.4) is 0 Å². The molecule has 1 saturated heterocycles. The van der Waals surface area contributed by atoms with E-state index in [1.165, 1.54) is 5.38 Å². The summed E-state index contributed by atoms with van der Waals surface area (Å²) in [6.45, 7) is -0.711. The van der Waals surface area contributed by atoms with E-state index < -0.39 is 64.4 Å². The standard InChI is InChI=1S/C15H16ClN5O11S2.Na.H/c1-30-8(23)4-32-20-9(6-5-33-15(17-6)18-7(22)3-16)12(24)19-10-11(14(26)31-2)21(13(10)25)34(27,28)29;;/h5,10-11H,3-4H2,1-2H3,(H,19,24)(H,17,18,22)(H,27,28,29);;/b20-9-;;. The van der Waals surface area contributed by atoms with Crippen LogP contribution in [0, 0.1) is 0 Å². The fourth-order valence-electron chi connectivity index (χ4n) is 2.43. The Balaban J connectivity index is 0.00000612. The molecule has 0 spiro atoms. The Labute approximate surface area is 228 Å². The third kappa shape index (κ3) is 7.56. The van der Waals surface area contributed by atoms with Crippen molar-refractivity contribution in [2.75, 3.05) is 32.0 Å². The van der Waals surface area contributed by atoms with Gasteiger partial charge in [0.1, 0.15) is 17.6 Å². The SMILES string of the molecule is COC(=O)CO/N=C(\C(=O)NC1C(=O)N(S(=O)(=O)O)C1C(=O)OC)c1csc(NC(=O)CCl)n1.[NaH]. The van der Waals surface area contributed by atoms with Crippen LogP contribution in [0.4, 0.5) is 5.13 Å². The van der Waals surface area contributed by atoms with Gasteiger partial charge >= 0.3 is 51.8 Å². The fraction of sp³-hybridized carbons (Fsp3) is 0.400. The van der Waals surface area contributed by atoms with Crippen molar-refractivity contribution < 1.29 is 51.3 Å². The first-order valence-electron chi connectivity index (χ1n) is 8.72. The number of β-lactam (4-membered cyclic amide) rings is 1. The van der Waals surface area contributed by atoms with Crippen molar-refractivity contribution in [3.8, 4) is 0 Å². The molecule has 0 aromatic carbocycles. The molecule has 2 heterocycles. The van der Waals surface area contributed by atoms with Gasteiger partial charge in [-0.25, -0.2) is 14.6 Å². The molecule has 3 amide bonds. The summed E-state index contributed by atoms with van der Waals surface area (Å²) in [4.78, 5) is 68.3. The molecule has 1 aromatic rings. The van der Waals surface area contributed by atoms with E-state index in [9.17, 15) is 32.4 Å². The number of carbonyl (C=O) groups excluding carboxylic acids is 5. The Kier molecular flexibility index (Phi) is 11.5.